The second kappa shape index (κ2) is 4.58. The molecule has 1 saturated carbocycles. The van der Waals surface area contributed by atoms with Crippen molar-refractivity contribution in [3.8, 4) is 0 Å². The van der Waals surface area contributed by atoms with Crippen molar-refractivity contribution in [3.05, 3.63) is 34.4 Å². The van der Waals surface area contributed by atoms with Crippen LogP contribution in [0.5, 0.6) is 0 Å². The summed E-state index contributed by atoms with van der Waals surface area (Å²) >= 11 is 0. The third kappa shape index (κ3) is 2.15. The van der Waals surface area contributed by atoms with Gasteiger partial charge >= 0.3 is 0 Å². The molecule has 0 spiro atoms. The van der Waals surface area contributed by atoms with Gasteiger partial charge in [-0.1, -0.05) is 30.5 Å². The monoisotopic (exact) mass is 218 g/mol. The number of aliphatic hydroxyl groups excluding tert-OH is 1. The Bertz CT molecular complexity index is 352. The number of rotatable bonds is 2. The Morgan fingerprint density at radius 2 is 1.56 bits per heavy atom. The standard InChI is InChI=1S/C15H22O/c1-10-8-11(2)14(12(3)9-10)15(16)13-6-4-5-7-13/h8-9,13,15-16H,4-7H2,1-3H3. The Balaban J connectivity index is 2.31. The molecular formula is C15H22O. The molecule has 88 valence electrons. The van der Waals surface area contributed by atoms with E-state index < -0.39 is 0 Å². The third-order valence-electron chi connectivity index (χ3n) is 3.88. The summed E-state index contributed by atoms with van der Waals surface area (Å²) in [4.78, 5) is 0. The quantitative estimate of drug-likeness (QED) is 0.799. The molecule has 1 aliphatic rings. The van der Waals surface area contributed by atoms with Gasteiger partial charge in [0.15, 0.2) is 0 Å². The minimum atomic E-state index is -0.247. The largest absolute Gasteiger partial charge is 0.388 e. The van der Waals surface area contributed by atoms with Gasteiger partial charge in [-0.3, -0.25) is 0 Å². The van der Waals surface area contributed by atoms with Crippen LogP contribution in [0.3, 0.4) is 0 Å². The van der Waals surface area contributed by atoms with Crippen LogP contribution in [-0.4, -0.2) is 5.11 Å². The van der Waals surface area contributed by atoms with Crippen molar-refractivity contribution in [2.45, 2.75) is 52.6 Å². The summed E-state index contributed by atoms with van der Waals surface area (Å²) in [7, 11) is 0. The van der Waals surface area contributed by atoms with Crippen LogP contribution in [0.2, 0.25) is 0 Å². The fourth-order valence-corrected chi connectivity index (χ4v) is 3.17. The number of aryl methyl sites for hydroxylation is 3. The summed E-state index contributed by atoms with van der Waals surface area (Å²) < 4.78 is 0. The molecule has 16 heavy (non-hydrogen) atoms. The molecule has 1 fully saturated rings. The highest BCUT2D eigenvalue weighted by Crippen LogP contribution is 2.38. The van der Waals surface area contributed by atoms with Gasteiger partial charge in [-0.25, -0.2) is 0 Å². The van der Waals surface area contributed by atoms with Gasteiger partial charge in [0.1, 0.15) is 0 Å². The van der Waals surface area contributed by atoms with Gasteiger partial charge < -0.3 is 5.11 Å². The Hall–Kier alpha value is -0.820. The van der Waals surface area contributed by atoms with E-state index in [-0.39, 0.29) is 6.10 Å². The maximum atomic E-state index is 10.5. The van der Waals surface area contributed by atoms with E-state index in [0.717, 1.165) is 0 Å². The Kier molecular flexibility index (Phi) is 3.34. The molecule has 2 rings (SSSR count). The van der Waals surface area contributed by atoms with Crippen molar-refractivity contribution in [2.75, 3.05) is 0 Å². The first kappa shape index (κ1) is 11.7. The lowest BCUT2D eigenvalue weighted by Gasteiger charge is -2.22. The number of hydrogen-bond donors (Lipinski definition) is 1. The van der Waals surface area contributed by atoms with E-state index in [2.05, 4.69) is 32.9 Å². The van der Waals surface area contributed by atoms with Gasteiger partial charge in [0.05, 0.1) is 6.10 Å². The van der Waals surface area contributed by atoms with Crippen LogP contribution < -0.4 is 0 Å². The van der Waals surface area contributed by atoms with Crippen LogP contribution in [0, 0.1) is 26.7 Å². The molecule has 1 aliphatic carbocycles. The number of hydrogen-bond acceptors (Lipinski definition) is 1. The molecule has 1 unspecified atom stereocenters. The van der Waals surface area contributed by atoms with Crippen LogP contribution in [0.4, 0.5) is 0 Å². The first-order valence-electron chi connectivity index (χ1n) is 6.35. The average molecular weight is 218 g/mol. The van der Waals surface area contributed by atoms with Gasteiger partial charge in [0.25, 0.3) is 0 Å². The summed E-state index contributed by atoms with van der Waals surface area (Å²) in [5.74, 6) is 0.486. The van der Waals surface area contributed by atoms with Crippen LogP contribution in [0.15, 0.2) is 12.1 Å². The van der Waals surface area contributed by atoms with Gasteiger partial charge in [-0.05, 0) is 56.2 Å². The van der Waals surface area contributed by atoms with Gasteiger partial charge in [0, 0.05) is 0 Å². The van der Waals surface area contributed by atoms with Crippen LogP contribution in [0.25, 0.3) is 0 Å². The molecule has 0 aromatic heterocycles. The first-order valence-corrected chi connectivity index (χ1v) is 6.35. The SMILES string of the molecule is Cc1cc(C)c(C(O)C2CCCC2)c(C)c1. The zero-order valence-corrected chi connectivity index (χ0v) is 10.6. The van der Waals surface area contributed by atoms with Gasteiger partial charge in [-0.2, -0.15) is 0 Å². The molecule has 0 amide bonds. The zero-order chi connectivity index (χ0) is 11.7. The molecule has 1 atom stereocenters. The highest BCUT2D eigenvalue weighted by atomic mass is 16.3. The molecule has 0 bridgehead atoms. The maximum absolute atomic E-state index is 10.5. The molecule has 1 heteroatoms. The highest BCUT2D eigenvalue weighted by Gasteiger charge is 2.26. The fraction of sp³-hybridized carbons (Fsp3) is 0.600. The molecule has 0 aliphatic heterocycles. The van der Waals surface area contributed by atoms with E-state index in [1.54, 1.807) is 0 Å². The predicted octanol–water partition coefficient (Wildman–Crippen LogP) is 3.84. The molecule has 0 saturated heterocycles. The second-order valence-electron chi connectivity index (χ2n) is 5.30. The lowest BCUT2D eigenvalue weighted by atomic mass is 9.88. The van der Waals surface area contributed by atoms with E-state index in [9.17, 15) is 5.11 Å². The van der Waals surface area contributed by atoms with Crippen molar-refractivity contribution in [3.63, 3.8) is 0 Å². The highest BCUT2D eigenvalue weighted by molar-refractivity contribution is 5.39. The van der Waals surface area contributed by atoms with Crippen molar-refractivity contribution >= 4 is 0 Å². The molecule has 0 radical (unpaired) electrons. The fourth-order valence-electron chi connectivity index (χ4n) is 3.17. The molecule has 1 aromatic rings. The average Bonchev–Trinajstić information content (AvgIpc) is 2.67. The van der Waals surface area contributed by atoms with Crippen molar-refractivity contribution < 1.29 is 5.11 Å². The molecule has 1 aromatic carbocycles. The minimum Gasteiger partial charge on any atom is -0.388 e. The topological polar surface area (TPSA) is 20.2 Å². The van der Waals surface area contributed by atoms with Crippen molar-refractivity contribution in [2.24, 2.45) is 5.92 Å². The van der Waals surface area contributed by atoms with E-state index in [1.165, 1.54) is 47.9 Å². The normalized spacial score (nSPS) is 19.0. The molecule has 0 heterocycles. The zero-order valence-electron chi connectivity index (χ0n) is 10.6. The van der Waals surface area contributed by atoms with E-state index in [4.69, 9.17) is 0 Å². The van der Waals surface area contributed by atoms with E-state index in [0.29, 0.717) is 5.92 Å². The minimum absolute atomic E-state index is 0.247. The third-order valence-corrected chi connectivity index (χ3v) is 3.88. The second-order valence-corrected chi connectivity index (χ2v) is 5.30. The Morgan fingerprint density at radius 1 is 1.06 bits per heavy atom. The molecule has 1 nitrogen and oxygen atoms in total. The Labute approximate surface area is 98.5 Å². The van der Waals surface area contributed by atoms with E-state index >= 15 is 0 Å². The van der Waals surface area contributed by atoms with Crippen molar-refractivity contribution in [1.82, 2.24) is 0 Å². The summed E-state index contributed by atoms with van der Waals surface area (Å²) in [5.41, 5.74) is 4.96. The summed E-state index contributed by atoms with van der Waals surface area (Å²) in [6.45, 7) is 6.35. The van der Waals surface area contributed by atoms with Gasteiger partial charge in [0.2, 0.25) is 0 Å². The molecular weight excluding hydrogens is 196 g/mol. The van der Waals surface area contributed by atoms with Crippen molar-refractivity contribution in [1.29, 1.82) is 0 Å². The summed E-state index contributed by atoms with van der Waals surface area (Å²) in [6, 6.07) is 4.36. The number of aliphatic hydroxyl groups is 1. The maximum Gasteiger partial charge on any atom is 0.0823 e. The summed E-state index contributed by atoms with van der Waals surface area (Å²) in [5, 5.41) is 10.5. The molecule has 1 N–H and O–H groups in total. The number of benzene rings is 1. The lowest BCUT2D eigenvalue weighted by molar-refractivity contribution is 0.110. The lowest BCUT2D eigenvalue weighted by Crippen LogP contribution is -2.12. The first-order chi connectivity index (χ1) is 7.59. The van der Waals surface area contributed by atoms with Crippen LogP contribution >= 0.6 is 0 Å². The van der Waals surface area contributed by atoms with E-state index in [1.807, 2.05) is 0 Å². The van der Waals surface area contributed by atoms with Crippen LogP contribution in [-0.2, 0) is 0 Å². The Morgan fingerprint density at radius 3 is 2.06 bits per heavy atom. The van der Waals surface area contributed by atoms with Gasteiger partial charge in [-0.15, -0.1) is 0 Å². The predicted molar refractivity (Wildman–Crippen MR) is 67.6 cm³/mol. The van der Waals surface area contributed by atoms with Crippen LogP contribution in [0.1, 0.15) is 54.0 Å². The summed E-state index contributed by atoms with van der Waals surface area (Å²) in [6.07, 6.45) is 4.70. The smallest absolute Gasteiger partial charge is 0.0823 e.